The molecule has 0 unspecified atom stereocenters. The maximum atomic E-state index is 5.72. The zero-order valence-corrected chi connectivity index (χ0v) is 9.57. The molecule has 78 valence electrons. The third-order valence-corrected chi connectivity index (χ3v) is 4.20. The smallest absolute Gasteiger partial charge is 0.0962 e. The molecule has 1 aromatic heterocycles. The Balaban J connectivity index is 2.16. The van der Waals surface area contributed by atoms with Crippen LogP contribution in [0.4, 0.5) is 0 Å². The van der Waals surface area contributed by atoms with Gasteiger partial charge in [0.2, 0.25) is 0 Å². The normalized spacial score (nSPS) is 17.0. The molecular formula is C11H18N2S. The largest absolute Gasteiger partial charge is 0.326 e. The lowest BCUT2D eigenvalue weighted by Gasteiger charge is -2.22. The summed E-state index contributed by atoms with van der Waals surface area (Å²) in [6.45, 7) is 2.86. The Hall–Kier alpha value is -0.410. The summed E-state index contributed by atoms with van der Waals surface area (Å²) >= 11 is 1.85. The van der Waals surface area contributed by atoms with Crippen molar-refractivity contribution >= 4 is 11.3 Å². The van der Waals surface area contributed by atoms with Gasteiger partial charge in [-0.05, 0) is 19.3 Å². The minimum atomic E-state index is 0.666. The van der Waals surface area contributed by atoms with Crippen molar-refractivity contribution in [1.29, 1.82) is 0 Å². The molecule has 14 heavy (non-hydrogen) atoms. The van der Waals surface area contributed by atoms with E-state index in [1.54, 1.807) is 0 Å². The number of hydrogen-bond acceptors (Lipinski definition) is 3. The number of rotatable bonds is 4. The van der Waals surface area contributed by atoms with Crippen molar-refractivity contribution in [3.05, 3.63) is 15.6 Å². The van der Waals surface area contributed by atoms with Crippen LogP contribution in [0, 0.1) is 0 Å². The molecule has 0 aromatic carbocycles. The molecule has 3 heteroatoms. The van der Waals surface area contributed by atoms with Gasteiger partial charge in [-0.2, -0.15) is 0 Å². The second kappa shape index (κ2) is 4.41. The summed E-state index contributed by atoms with van der Waals surface area (Å²) in [5.74, 6) is 0.760. The summed E-state index contributed by atoms with van der Waals surface area (Å²) in [5, 5.41) is 1.35. The molecular weight excluding hydrogens is 192 g/mol. The number of thiazole rings is 1. The molecule has 0 bridgehead atoms. The Morgan fingerprint density at radius 3 is 2.79 bits per heavy atom. The molecule has 0 saturated heterocycles. The van der Waals surface area contributed by atoms with Crippen molar-refractivity contribution in [1.82, 2.24) is 4.98 Å². The van der Waals surface area contributed by atoms with Crippen molar-refractivity contribution in [2.75, 3.05) is 0 Å². The van der Waals surface area contributed by atoms with E-state index in [9.17, 15) is 0 Å². The van der Waals surface area contributed by atoms with Gasteiger partial charge in [-0.3, -0.25) is 0 Å². The van der Waals surface area contributed by atoms with Gasteiger partial charge < -0.3 is 5.73 Å². The van der Waals surface area contributed by atoms with Crippen molar-refractivity contribution in [3.8, 4) is 0 Å². The monoisotopic (exact) mass is 210 g/mol. The first-order chi connectivity index (χ1) is 6.85. The van der Waals surface area contributed by atoms with Gasteiger partial charge in [0, 0.05) is 17.3 Å². The summed E-state index contributed by atoms with van der Waals surface area (Å²) < 4.78 is 0. The van der Waals surface area contributed by atoms with Gasteiger partial charge >= 0.3 is 0 Å². The lowest BCUT2D eigenvalue weighted by molar-refractivity contribution is 0.417. The van der Waals surface area contributed by atoms with Gasteiger partial charge in [-0.15, -0.1) is 11.3 Å². The molecule has 0 aliphatic heterocycles. The minimum absolute atomic E-state index is 0.666. The predicted molar refractivity (Wildman–Crippen MR) is 60.6 cm³/mol. The van der Waals surface area contributed by atoms with E-state index < -0.39 is 0 Å². The van der Waals surface area contributed by atoms with Gasteiger partial charge in [0.25, 0.3) is 0 Å². The second-order valence-electron chi connectivity index (χ2n) is 4.00. The Morgan fingerprint density at radius 2 is 2.29 bits per heavy atom. The molecule has 0 spiro atoms. The summed E-state index contributed by atoms with van der Waals surface area (Å²) in [4.78, 5) is 6.04. The number of nitrogens with two attached hydrogens (primary N) is 1. The molecule has 1 fully saturated rings. The van der Waals surface area contributed by atoms with Crippen LogP contribution < -0.4 is 5.73 Å². The quantitative estimate of drug-likeness (QED) is 0.830. The molecule has 2 N–H and O–H groups in total. The van der Waals surface area contributed by atoms with E-state index in [0.717, 1.165) is 12.3 Å². The molecule has 0 radical (unpaired) electrons. The van der Waals surface area contributed by atoms with E-state index in [1.807, 2.05) is 11.3 Å². The lowest BCUT2D eigenvalue weighted by Crippen LogP contribution is -2.08. The van der Waals surface area contributed by atoms with Gasteiger partial charge in [0.05, 0.1) is 10.7 Å². The van der Waals surface area contributed by atoms with Crippen molar-refractivity contribution < 1.29 is 0 Å². The first kappa shape index (κ1) is 10.1. The number of nitrogens with zero attached hydrogens (tertiary/aromatic N) is 1. The minimum Gasteiger partial charge on any atom is -0.326 e. The van der Waals surface area contributed by atoms with Crippen LogP contribution in [0.5, 0.6) is 0 Å². The van der Waals surface area contributed by atoms with Crippen LogP contribution in [0.3, 0.4) is 0 Å². The van der Waals surface area contributed by atoms with E-state index in [-0.39, 0.29) is 0 Å². The van der Waals surface area contributed by atoms with Crippen LogP contribution >= 0.6 is 11.3 Å². The molecule has 1 aliphatic carbocycles. The Bertz CT molecular complexity index is 302. The zero-order valence-electron chi connectivity index (χ0n) is 8.75. The van der Waals surface area contributed by atoms with Crippen molar-refractivity contribution in [2.24, 2.45) is 5.73 Å². The topological polar surface area (TPSA) is 38.9 Å². The van der Waals surface area contributed by atoms with Gasteiger partial charge in [0.15, 0.2) is 0 Å². The Labute approximate surface area is 89.5 Å². The maximum absolute atomic E-state index is 5.72. The number of aromatic nitrogens is 1. The van der Waals surface area contributed by atoms with Crippen molar-refractivity contribution in [2.45, 2.75) is 51.5 Å². The molecule has 2 rings (SSSR count). The maximum Gasteiger partial charge on any atom is 0.0962 e. The molecule has 1 aromatic rings. The fourth-order valence-electron chi connectivity index (χ4n) is 1.82. The summed E-state index contributed by atoms with van der Waals surface area (Å²) in [6.07, 6.45) is 6.31. The molecule has 2 nitrogen and oxygen atoms in total. The van der Waals surface area contributed by atoms with E-state index in [4.69, 9.17) is 10.7 Å². The molecule has 0 atom stereocenters. The van der Waals surface area contributed by atoms with E-state index in [1.165, 1.54) is 41.3 Å². The van der Waals surface area contributed by atoms with Gasteiger partial charge in [-0.25, -0.2) is 4.98 Å². The highest BCUT2D eigenvalue weighted by atomic mass is 32.1. The van der Waals surface area contributed by atoms with Crippen LogP contribution in [0.2, 0.25) is 0 Å². The van der Waals surface area contributed by atoms with E-state index >= 15 is 0 Å². The molecule has 1 saturated carbocycles. The van der Waals surface area contributed by atoms with Crippen LogP contribution in [0.25, 0.3) is 0 Å². The standard InChI is InChI=1S/C11H18N2S/c1-2-4-9-10(7-12)14-11(13-9)8-5-3-6-8/h8H,2-7,12H2,1H3. The number of aryl methyl sites for hydroxylation is 1. The van der Waals surface area contributed by atoms with Crippen LogP contribution in [0.15, 0.2) is 0 Å². The number of hydrogen-bond donors (Lipinski definition) is 1. The lowest BCUT2D eigenvalue weighted by atomic mass is 9.86. The molecule has 0 amide bonds. The van der Waals surface area contributed by atoms with Gasteiger partial charge in [-0.1, -0.05) is 19.8 Å². The fourth-order valence-corrected chi connectivity index (χ4v) is 2.98. The van der Waals surface area contributed by atoms with Crippen LogP contribution in [-0.4, -0.2) is 4.98 Å². The summed E-state index contributed by atoms with van der Waals surface area (Å²) in [6, 6.07) is 0. The first-order valence-electron chi connectivity index (χ1n) is 5.53. The van der Waals surface area contributed by atoms with Crippen LogP contribution in [0.1, 0.15) is 54.1 Å². The third kappa shape index (κ3) is 1.84. The summed E-state index contributed by atoms with van der Waals surface area (Å²) in [7, 11) is 0. The molecule has 1 heterocycles. The second-order valence-corrected chi connectivity index (χ2v) is 5.12. The average Bonchev–Trinajstić information content (AvgIpc) is 2.46. The Kier molecular flexibility index (Phi) is 3.19. The highest BCUT2D eigenvalue weighted by Crippen LogP contribution is 2.39. The van der Waals surface area contributed by atoms with E-state index in [2.05, 4.69) is 6.92 Å². The first-order valence-corrected chi connectivity index (χ1v) is 6.35. The predicted octanol–water partition coefficient (Wildman–Crippen LogP) is 2.82. The van der Waals surface area contributed by atoms with Gasteiger partial charge in [0.1, 0.15) is 0 Å². The highest BCUT2D eigenvalue weighted by Gasteiger charge is 2.23. The highest BCUT2D eigenvalue weighted by molar-refractivity contribution is 7.11. The summed E-state index contributed by atoms with van der Waals surface area (Å²) in [5.41, 5.74) is 6.99. The van der Waals surface area contributed by atoms with Crippen molar-refractivity contribution in [3.63, 3.8) is 0 Å². The SMILES string of the molecule is CCCc1nc(C2CCC2)sc1CN. The van der Waals surface area contributed by atoms with E-state index in [0.29, 0.717) is 6.54 Å². The third-order valence-electron chi connectivity index (χ3n) is 2.92. The average molecular weight is 210 g/mol. The Morgan fingerprint density at radius 1 is 1.50 bits per heavy atom. The fraction of sp³-hybridized carbons (Fsp3) is 0.727. The van der Waals surface area contributed by atoms with Crippen LogP contribution in [-0.2, 0) is 13.0 Å². The zero-order chi connectivity index (χ0) is 9.97. The molecule has 1 aliphatic rings.